The van der Waals surface area contributed by atoms with Crippen LogP contribution < -0.4 is 14.8 Å². The molecule has 2 aromatic carbocycles. The average Bonchev–Trinajstić information content (AvgIpc) is 2.64. The number of hydrogen-bond donors (Lipinski definition) is 1. The molecule has 0 aliphatic carbocycles. The van der Waals surface area contributed by atoms with Crippen LogP contribution in [-0.2, 0) is 13.2 Å². The number of benzene rings is 2. The first-order valence-corrected chi connectivity index (χ1v) is 9.84. The van der Waals surface area contributed by atoms with Gasteiger partial charge in [0.15, 0.2) is 11.5 Å². The molecule has 0 bridgehead atoms. The highest BCUT2D eigenvalue weighted by Gasteiger charge is 2.10. The summed E-state index contributed by atoms with van der Waals surface area (Å²) in [6, 6.07) is 11.4. The van der Waals surface area contributed by atoms with Gasteiger partial charge in [-0.3, -0.25) is 0 Å². The van der Waals surface area contributed by atoms with Crippen molar-refractivity contribution in [2.24, 2.45) is 0 Å². The Labute approximate surface area is 166 Å². The van der Waals surface area contributed by atoms with Gasteiger partial charge in [-0.05, 0) is 42.8 Å². The van der Waals surface area contributed by atoms with Crippen LogP contribution in [0.3, 0.4) is 0 Å². The number of ether oxygens (including phenoxy) is 2. The number of rotatable bonds is 11. The summed E-state index contributed by atoms with van der Waals surface area (Å²) in [6.07, 6.45) is 5.06. The minimum atomic E-state index is 0.296. The highest BCUT2D eigenvalue weighted by molar-refractivity contribution is 6.35. The van der Waals surface area contributed by atoms with Crippen molar-refractivity contribution < 1.29 is 9.47 Å². The summed E-state index contributed by atoms with van der Waals surface area (Å²) >= 11 is 12.4. The maximum Gasteiger partial charge on any atom is 0.161 e. The predicted molar refractivity (Wildman–Crippen MR) is 110 cm³/mol. The van der Waals surface area contributed by atoms with Gasteiger partial charge in [-0.2, -0.15) is 0 Å². The Morgan fingerprint density at radius 3 is 2.42 bits per heavy atom. The van der Waals surface area contributed by atoms with Crippen LogP contribution in [0.15, 0.2) is 36.4 Å². The van der Waals surface area contributed by atoms with Crippen molar-refractivity contribution in [1.29, 1.82) is 0 Å². The average molecular weight is 396 g/mol. The van der Waals surface area contributed by atoms with Crippen LogP contribution in [0.1, 0.15) is 43.7 Å². The van der Waals surface area contributed by atoms with Crippen molar-refractivity contribution in [3.8, 4) is 11.5 Å². The van der Waals surface area contributed by atoms with Crippen LogP contribution in [0.5, 0.6) is 11.5 Å². The molecule has 3 nitrogen and oxygen atoms in total. The quantitative estimate of drug-likeness (QED) is 0.456. The van der Waals surface area contributed by atoms with E-state index in [9.17, 15) is 0 Å². The van der Waals surface area contributed by atoms with Gasteiger partial charge in [-0.15, -0.1) is 0 Å². The Hall–Kier alpha value is -1.42. The van der Waals surface area contributed by atoms with Crippen LogP contribution in [0.4, 0.5) is 0 Å². The Bertz CT molecular complexity index is 671. The van der Waals surface area contributed by atoms with Gasteiger partial charge in [0.05, 0.1) is 7.11 Å². The normalized spacial score (nSPS) is 10.8. The maximum absolute atomic E-state index is 6.19. The molecule has 142 valence electrons. The van der Waals surface area contributed by atoms with Crippen molar-refractivity contribution in [2.45, 2.75) is 45.8 Å². The largest absolute Gasteiger partial charge is 0.493 e. The summed E-state index contributed by atoms with van der Waals surface area (Å²) in [7, 11) is 1.65. The third kappa shape index (κ3) is 6.39. The van der Waals surface area contributed by atoms with E-state index in [2.05, 4.69) is 12.2 Å². The molecule has 0 fully saturated rings. The smallest absolute Gasteiger partial charge is 0.161 e. The molecule has 0 aromatic heterocycles. The number of unbranched alkanes of at least 4 members (excludes halogenated alkanes) is 3. The SMILES string of the molecule is CCCCCCNCc1ccc(OCc2c(Cl)cccc2Cl)c(OC)c1. The first kappa shape index (κ1) is 20.9. The monoisotopic (exact) mass is 395 g/mol. The molecule has 26 heavy (non-hydrogen) atoms. The van der Waals surface area contributed by atoms with E-state index in [4.69, 9.17) is 32.7 Å². The first-order valence-electron chi connectivity index (χ1n) is 9.09. The van der Waals surface area contributed by atoms with Crippen LogP contribution in [-0.4, -0.2) is 13.7 Å². The van der Waals surface area contributed by atoms with Crippen molar-refractivity contribution in [3.05, 3.63) is 57.6 Å². The molecule has 0 atom stereocenters. The lowest BCUT2D eigenvalue weighted by Gasteiger charge is -2.14. The van der Waals surface area contributed by atoms with Crippen LogP contribution in [0.2, 0.25) is 10.0 Å². The molecule has 0 saturated heterocycles. The maximum atomic E-state index is 6.19. The zero-order chi connectivity index (χ0) is 18.8. The number of halogens is 2. The molecular formula is C21H27Cl2NO2. The van der Waals surface area contributed by atoms with Gasteiger partial charge in [-0.25, -0.2) is 0 Å². The minimum Gasteiger partial charge on any atom is -0.493 e. The lowest BCUT2D eigenvalue weighted by Crippen LogP contribution is -2.14. The number of nitrogens with one attached hydrogen (secondary N) is 1. The summed E-state index contributed by atoms with van der Waals surface area (Å²) in [5, 5.41) is 4.67. The lowest BCUT2D eigenvalue weighted by molar-refractivity contribution is 0.284. The number of hydrogen-bond acceptors (Lipinski definition) is 3. The van der Waals surface area contributed by atoms with E-state index in [1.165, 1.54) is 31.2 Å². The fraction of sp³-hybridized carbons (Fsp3) is 0.429. The van der Waals surface area contributed by atoms with E-state index in [1.54, 1.807) is 19.2 Å². The molecule has 2 aromatic rings. The van der Waals surface area contributed by atoms with Crippen LogP contribution >= 0.6 is 23.2 Å². The van der Waals surface area contributed by atoms with E-state index in [-0.39, 0.29) is 0 Å². The number of methoxy groups -OCH3 is 1. The zero-order valence-corrected chi connectivity index (χ0v) is 17.0. The summed E-state index contributed by atoms with van der Waals surface area (Å²) in [5.41, 5.74) is 1.94. The minimum absolute atomic E-state index is 0.296. The molecule has 0 spiro atoms. The van der Waals surface area contributed by atoms with Gasteiger partial charge in [0.2, 0.25) is 0 Å². The van der Waals surface area contributed by atoms with Gasteiger partial charge in [0, 0.05) is 22.2 Å². The highest BCUT2D eigenvalue weighted by atomic mass is 35.5. The molecule has 0 aliphatic heterocycles. The summed E-state index contributed by atoms with van der Waals surface area (Å²) in [6.45, 7) is 4.37. The Balaban J connectivity index is 1.91. The molecule has 2 rings (SSSR count). The van der Waals surface area contributed by atoms with E-state index in [0.717, 1.165) is 18.7 Å². The second-order valence-electron chi connectivity index (χ2n) is 6.21. The van der Waals surface area contributed by atoms with Gasteiger partial charge >= 0.3 is 0 Å². The summed E-state index contributed by atoms with van der Waals surface area (Å²) in [5.74, 6) is 1.38. The van der Waals surface area contributed by atoms with E-state index in [0.29, 0.717) is 28.2 Å². The molecule has 0 aliphatic rings. The molecule has 0 saturated carbocycles. The van der Waals surface area contributed by atoms with E-state index < -0.39 is 0 Å². The highest BCUT2D eigenvalue weighted by Crippen LogP contribution is 2.31. The molecule has 1 N–H and O–H groups in total. The van der Waals surface area contributed by atoms with Crippen molar-refractivity contribution >= 4 is 23.2 Å². The van der Waals surface area contributed by atoms with E-state index in [1.807, 2.05) is 24.3 Å². The summed E-state index contributed by atoms with van der Waals surface area (Å²) < 4.78 is 11.4. The lowest BCUT2D eigenvalue weighted by atomic mass is 10.2. The molecule has 0 radical (unpaired) electrons. The topological polar surface area (TPSA) is 30.5 Å². The van der Waals surface area contributed by atoms with Gasteiger partial charge in [0.25, 0.3) is 0 Å². The Morgan fingerprint density at radius 1 is 0.962 bits per heavy atom. The van der Waals surface area contributed by atoms with Crippen molar-refractivity contribution in [3.63, 3.8) is 0 Å². The fourth-order valence-corrected chi connectivity index (χ4v) is 3.18. The van der Waals surface area contributed by atoms with Gasteiger partial charge in [-0.1, -0.05) is 61.5 Å². The Morgan fingerprint density at radius 2 is 1.73 bits per heavy atom. The molecule has 0 amide bonds. The molecule has 0 unspecified atom stereocenters. The fourth-order valence-electron chi connectivity index (χ4n) is 2.67. The van der Waals surface area contributed by atoms with Crippen molar-refractivity contribution in [2.75, 3.05) is 13.7 Å². The first-order chi connectivity index (χ1) is 12.7. The second-order valence-corrected chi connectivity index (χ2v) is 7.03. The van der Waals surface area contributed by atoms with E-state index >= 15 is 0 Å². The van der Waals surface area contributed by atoms with Gasteiger partial charge in [0.1, 0.15) is 6.61 Å². The molecule has 5 heteroatoms. The van der Waals surface area contributed by atoms with Crippen LogP contribution in [0, 0.1) is 0 Å². The summed E-state index contributed by atoms with van der Waals surface area (Å²) in [4.78, 5) is 0. The van der Waals surface area contributed by atoms with Crippen molar-refractivity contribution in [1.82, 2.24) is 5.32 Å². The van der Waals surface area contributed by atoms with Gasteiger partial charge < -0.3 is 14.8 Å². The predicted octanol–water partition coefficient (Wildman–Crippen LogP) is 6.25. The molecule has 0 heterocycles. The Kier molecular flexibility index (Phi) is 9.10. The third-order valence-electron chi connectivity index (χ3n) is 4.20. The third-order valence-corrected chi connectivity index (χ3v) is 4.91. The zero-order valence-electron chi connectivity index (χ0n) is 15.5. The molecular weight excluding hydrogens is 369 g/mol. The van der Waals surface area contributed by atoms with Crippen LogP contribution in [0.25, 0.3) is 0 Å². The second kappa shape index (κ2) is 11.3. The standard InChI is InChI=1S/C21H27Cl2NO2/c1-3-4-5-6-12-24-14-16-10-11-20(21(13-16)25-2)26-15-17-18(22)8-7-9-19(17)23/h7-11,13,24H,3-6,12,14-15H2,1-2H3.